The van der Waals surface area contributed by atoms with Gasteiger partial charge in [-0.1, -0.05) is 12.1 Å². The predicted octanol–water partition coefficient (Wildman–Crippen LogP) is 3.58. The second-order valence-corrected chi connectivity index (χ2v) is 10.8. The third-order valence-corrected chi connectivity index (χ3v) is 8.06. The van der Waals surface area contributed by atoms with Crippen LogP contribution in [0.5, 0.6) is 0 Å². The van der Waals surface area contributed by atoms with Gasteiger partial charge in [0.05, 0.1) is 6.54 Å². The Bertz CT molecular complexity index is 973. The highest BCUT2D eigenvalue weighted by Crippen LogP contribution is 2.43. The Morgan fingerprint density at radius 2 is 1.68 bits per heavy atom. The molecule has 3 heterocycles. The second-order valence-electron chi connectivity index (χ2n) is 10.8. The molecule has 0 aromatic heterocycles. The highest BCUT2D eigenvalue weighted by Gasteiger charge is 2.42. The number of piperazine rings is 1. The van der Waals surface area contributed by atoms with Gasteiger partial charge in [-0.25, -0.2) is 4.79 Å². The number of aryl methyl sites for hydroxylation is 1. The molecule has 1 N–H and O–H groups in total. The number of aliphatic carboxylic acids is 1. The number of nitrogens with zero attached hydrogens (tertiary/aromatic N) is 4. The maximum Gasteiger partial charge on any atom is 0.425 e. The maximum absolute atomic E-state index is 12.7. The number of amides is 1. The molecule has 0 aliphatic carbocycles. The van der Waals surface area contributed by atoms with Crippen molar-refractivity contribution in [1.29, 1.82) is 0 Å². The Labute approximate surface area is 215 Å². The van der Waals surface area contributed by atoms with Crippen LogP contribution in [-0.4, -0.2) is 103 Å². The number of hydrogen-bond donors (Lipinski definition) is 1. The molecule has 3 saturated heterocycles. The lowest BCUT2D eigenvalue weighted by atomic mass is 9.78. The summed E-state index contributed by atoms with van der Waals surface area (Å²) in [6, 6.07) is 6.47. The minimum Gasteiger partial charge on any atom is -0.480 e. The van der Waals surface area contributed by atoms with Crippen molar-refractivity contribution in [3.63, 3.8) is 0 Å². The first-order valence-electron chi connectivity index (χ1n) is 13.0. The number of carboxylic acid groups (broad SMARTS) is 1. The molecule has 0 radical (unpaired) electrons. The summed E-state index contributed by atoms with van der Waals surface area (Å²) in [6.07, 6.45) is -4.51. The van der Waals surface area contributed by atoms with Gasteiger partial charge in [0.15, 0.2) is 6.10 Å². The quantitative estimate of drug-likeness (QED) is 0.607. The highest BCUT2D eigenvalue weighted by atomic mass is 19.4. The lowest BCUT2D eigenvalue weighted by molar-refractivity contribution is -0.200. The standard InChI is InChI=1S/C26H37F3N4O4/c1-19-3-4-21(16-31-11-13-32(14-12-31)24(36)37-20(2)26(27,28)29)22(15-19)33-10-7-25(18-33)5-8-30(9-6-25)17-23(34)35/h3-4,15,20H,5-14,16-18H2,1-2H3,(H,34,35). The summed E-state index contributed by atoms with van der Waals surface area (Å²) in [4.78, 5) is 31.3. The predicted molar refractivity (Wildman–Crippen MR) is 133 cm³/mol. The van der Waals surface area contributed by atoms with Gasteiger partial charge in [-0.3, -0.25) is 14.6 Å². The summed E-state index contributed by atoms with van der Waals surface area (Å²) in [5.41, 5.74) is 3.82. The van der Waals surface area contributed by atoms with Gasteiger partial charge < -0.3 is 19.6 Å². The van der Waals surface area contributed by atoms with Gasteiger partial charge in [0, 0.05) is 51.5 Å². The van der Waals surface area contributed by atoms with Crippen LogP contribution in [0.2, 0.25) is 0 Å². The molecule has 3 fully saturated rings. The smallest absolute Gasteiger partial charge is 0.425 e. The highest BCUT2D eigenvalue weighted by molar-refractivity contribution is 5.69. The van der Waals surface area contributed by atoms with Gasteiger partial charge >= 0.3 is 18.2 Å². The average molecular weight is 527 g/mol. The number of likely N-dealkylation sites (tertiary alicyclic amines) is 1. The van der Waals surface area contributed by atoms with E-state index >= 15 is 0 Å². The van der Waals surface area contributed by atoms with Crippen LogP contribution in [0.1, 0.15) is 37.3 Å². The summed E-state index contributed by atoms with van der Waals surface area (Å²) in [5, 5.41) is 9.09. The van der Waals surface area contributed by atoms with Crippen LogP contribution in [0.15, 0.2) is 18.2 Å². The summed E-state index contributed by atoms with van der Waals surface area (Å²) >= 11 is 0. The number of benzene rings is 1. The number of carbonyl (C=O) groups excluding carboxylic acids is 1. The fourth-order valence-corrected chi connectivity index (χ4v) is 5.65. The fraction of sp³-hybridized carbons (Fsp3) is 0.692. The molecular weight excluding hydrogens is 489 g/mol. The first kappa shape index (κ1) is 27.5. The number of alkyl halides is 3. The van der Waals surface area contributed by atoms with Crippen molar-refractivity contribution in [3.8, 4) is 0 Å². The van der Waals surface area contributed by atoms with Gasteiger partial charge in [-0.15, -0.1) is 0 Å². The summed E-state index contributed by atoms with van der Waals surface area (Å²) in [5.74, 6) is -0.776. The van der Waals surface area contributed by atoms with E-state index in [0.717, 1.165) is 52.4 Å². The molecule has 8 nitrogen and oxygen atoms in total. The topological polar surface area (TPSA) is 76.6 Å². The van der Waals surface area contributed by atoms with Crippen LogP contribution in [-0.2, 0) is 16.1 Å². The number of carboxylic acids is 1. The number of hydrogen-bond acceptors (Lipinski definition) is 6. The molecule has 1 aromatic carbocycles. The van der Waals surface area contributed by atoms with Crippen LogP contribution in [0, 0.1) is 12.3 Å². The van der Waals surface area contributed by atoms with E-state index in [4.69, 9.17) is 5.11 Å². The minimum atomic E-state index is -4.57. The van der Waals surface area contributed by atoms with Crippen LogP contribution in [0.3, 0.4) is 0 Å². The lowest BCUT2D eigenvalue weighted by Gasteiger charge is -2.39. The van der Waals surface area contributed by atoms with Gasteiger partial charge in [-0.2, -0.15) is 13.2 Å². The Balaban J connectivity index is 1.33. The maximum atomic E-state index is 12.7. The molecule has 11 heteroatoms. The third kappa shape index (κ3) is 6.87. The zero-order valence-corrected chi connectivity index (χ0v) is 21.6. The average Bonchev–Trinajstić information content (AvgIpc) is 3.25. The second kappa shape index (κ2) is 11.1. The molecule has 4 rings (SSSR count). The number of carbonyl (C=O) groups is 2. The Morgan fingerprint density at radius 3 is 2.30 bits per heavy atom. The summed E-state index contributed by atoms with van der Waals surface area (Å²) in [6.45, 7) is 9.05. The zero-order valence-electron chi connectivity index (χ0n) is 21.6. The molecule has 1 aromatic rings. The number of piperidine rings is 1. The monoisotopic (exact) mass is 526 g/mol. The van der Waals surface area contributed by atoms with Gasteiger partial charge in [0.1, 0.15) is 0 Å². The molecule has 0 bridgehead atoms. The van der Waals surface area contributed by atoms with E-state index in [9.17, 15) is 22.8 Å². The fourth-order valence-electron chi connectivity index (χ4n) is 5.65. The van der Waals surface area contributed by atoms with Crippen LogP contribution in [0.4, 0.5) is 23.7 Å². The molecule has 1 spiro atoms. The molecule has 3 aliphatic heterocycles. The Morgan fingerprint density at radius 1 is 1.03 bits per heavy atom. The number of ether oxygens (including phenoxy) is 1. The molecule has 3 aliphatic rings. The zero-order chi connectivity index (χ0) is 26.8. The van der Waals surface area contributed by atoms with Crippen molar-refractivity contribution < 1.29 is 32.6 Å². The van der Waals surface area contributed by atoms with Gasteiger partial charge in [0.25, 0.3) is 0 Å². The first-order valence-corrected chi connectivity index (χ1v) is 13.0. The Hall–Kier alpha value is -2.53. The van der Waals surface area contributed by atoms with E-state index in [1.807, 2.05) is 4.90 Å². The molecule has 1 amide bonds. The SMILES string of the molecule is Cc1ccc(CN2CCN(C(=O)OC(C)C(F)(F)F)CC2)c(N2CCC3(CCN(CC(=O)O)CC3)C2)c1. The number of rotatable bonds is 6. The molecule has 206 valence electrons. The van der Waals surface area contributed by atoms with Crippen molar-refractivity contribution in [1.82, 2.24) is 14.7 Å². The van der Waals surface area contributed by atoms with Crippen LogP contribution < -0.4 is 4.90 Å². The van der Waals surface area contributed by atoms with Crippen molar-refractivity contribution in [3.05, 3.63) is 29.3 Å². The van der Waals surface area contributed by atoms with E-state index in [2.05, 4.69) is 39.7 Å². The van der Waals surface area contributed by atoms with Gasteiger partial charge in [0.2, 0.25) is 0 Å². The van der Waals surface area contributed by atoms with Crippen LogP contribution in [0.25, 0.3) is 0 Å². The number of anilines is 1. The third-order valence-electron chi connectivity index (χ3n) is 8.06. The normalized spacial score (nSPS) is 21.9. The van der Waals surface area contributed by atoms with Crippen molar-refractivity contribution in [2.75, 3.05) is 63.8 Å². The van der Waals surface area contributed by atoms with E-state index in [-0.39, 0.29) is 12.0 Å². The van der Waals surface area contributed by atoms with E-state index in [1.54, 1.807) is 0 Å². The molecule has 1 unspecified atom stereocenters. The first-order chi connectivity index (χ1) is 17.4. The van der Waals surface area contributed by atoms with Crippen molar-refractivity contribution >= 4 is 17.7 Å². The van der Waals surface area contributed by atoms with E-state index in [1.165, 1.54) is 21.7 Å². The molecule has 37 heavy (non-hydrogen) atoms. The van der Waals surface area contributed by atoms with E-state index in [0.29, 0.717) is 32.7 Å². The van der Waals surface area contributed by atoms with Gasteiger partial charge in [-0.05, 0) is 68.8 Å². The molecule has 1 atom stereocenters. The molecule has 0 saturated carbocycles. The van der Waals surface area contributed by atoms with Crippen molar-refractivity contribution in [2.24, 2.45) is 5.41 Å². The summed E-state index contributed by atoms with van der Waals surface area (Å²) in [7, 11) is 0. The number of halogens is 3. The van der Waals surface area contributed by atoms with Crippen molar-refractivity contribution in [2.45, 2.75) is 51.9 Å². The minimum absolute atomic E-state index is 0.105. The molecular formula is C26H37F3N4O4. The summed E-state index contributed by atoms with van der Waals surface area (Å²) < 4.78 is 42.8. The lowest BCUT2D eigenvalue weighted by Crippen LogP contribution is -2.49. The largest absolute Gasteiger partial charge is 0.480 e. The van der Waals surface area contributed by atoms with Crippen LogP contribution >= 0.6 is 0 Å². The Kier molecular flexibility index (Phi) is 8.23. The van der Waals surface area contributed by atoms with E-state index < -0.39 is 24.3 Å².